The van der Waals surface area contributed by atoms with Gasteiger partial charge in [-0.2, -0.15) is 0 Å². The molecule has 0 bridgehead atoms. The van der Waals surface area contributed by atoms with Crippen molar-refractivity contribution in [1.29, 1.82) is 0 Å². The smallest absolute Gasteiger partial charge is 0.254 e. The highest BCUT2D eigenvalue weighted by Crippen LogP contribution is 2.28. The number of pyridine rings is 1. The zero-order chi connectivity index (χ0) is 21.8. The lowest BCUT2D eigenvalue weighted by atomic mass is 10.0. The van der Waals surface area contributed by atoms with Crippen LogP contribution in [0.15, 0.2) is 47.5 Å². The maximum absolute atomic E-state index is 12.6. The molecule has 162 valence electrons. The Balaban J connectivity index is 1.57. The van der Waals surface area contributed by atoms with Crippen molar-refractivity contribution in [3.63, 3.8) is 0 Å². The summed E-state index contributed by atoms with van der Waals surface area (Å²) in [6.45, 7) is 8.42. The molecule has 3 heterocycles. The van der Waals surface area contributed by atoms with Gasteiger partial charge in [-0.15, -0.1) is 0 Å². The first kappa shape index (κ1) is 21.1. The molecule has 0 fully saturated rings. The molecule has 0 aliphatic carbocycles. The number of benzene rings is 1. The fourth-order valence-corrected chi connectivity index (χ4v) is 4.16. The summed E-state index contributed by atoms with van der Waals surface area (Å²) in [6, 6.07) is 10.2. The number of hydrogen-bond acceptors (Lipinski definition) is 6. The van der Waals surface area contributed by atoms with Gasteiger partial charge in [0.2, 0.25) is 0 Å². The minimum absolute atomic E-state index is 0.0512. The minimum atomic E-state index is -0.0512. The Morgan fingerprint density at radius 3 is 2.77 bits per heavy atom. The third-order valence-electron chi connectivity index (χ3n) is 5.88. The Labute approximate surface area is 182 Å². The first-order valence-electron chi connectivity index (χ1n) is 10.8. The maximum Gasteiger partial charge on any atom is 0.254 e. The zero-order valence-corrected chi connectivity index (χ0v) is 18.4. The number of aromatic nitrogens is 3. The van der Waals surface area contributed by atoms with E-state index >= 15 is 0 Å². The number of ether oxygens (including phenoxy) is 1. The topological polar surface area (TPSA) is 74.4 Å². The number of hydrogen-bond donors (Lipinski definition) is 1. The number of nitrogens with zero attached hydrogens (tertiary/aromatic N) is 4. The van der Waals surface area contributed by atoms with Crippen LogP contribution in [-0.2, 0) is 19.5 Å². The molecule has 1 aliphatic heterocycles. The number of fused-ring (bicyclic) bond motifs is 1. The number of aromatic amines is 1. The molecule has 3 aromatic rings. The zero-order valence-electron chi connectivity index (χ0n) is 18.4. The Hall–Kier alpha value is -3.19. The second-order valence-electron chi connectivity index (χ2n) is 7.71. The average molecular weight is 420 g/mol. The molecule has 0 radical (unpaired) electrons. The molecule has 2 aromatic heterocycles. The van der Waals surface area contributed by atoms with Gasteiger partial charge in [0.25, 0.3) is 5.56 Å². The van der Waals surface area contributed by atoms with E-state index in [9.17, 15) is 4.79 Å². The van der Waals surface area contributed by atoms with Gasteiger partial charge < -0.3 is 14.6 Å². The third-order valence-corrected chi connectivity index (χ3v) is 5.88. The quantitative estimate of drug-likeness (QED) is 0.634. The van der Waals surface area contributed by atoms with Crippen LogP contribution in [0.2, 0.25) is 0 Å². The number of rotatable bonds is 7. The predicted molar refractivity (Wildman–Crippen MR) is 122 cm³/mol. The molecule has 0 saturated heterocycles. The lowest BCUT2D eigenvalue weighted by Crippen LogP contribution is -2.35. The largest absolute Gasteiger partial charge is 0.496 e. The molecule has 0 amide bonds. The van der Waals surface area contributed by atoms with Crippen LogP contribution in [0.5, 0.6) is 5.75 Å². The van der Waals surface area contributed by atoms with Gasteiger partial charge in [-0.25, -0.2) is 4.98 Å². The van der Waals surface area contributed by atoms with E-state index < -0.39 is 0 Å². The number of anilines is 1. The van der Waals surface area contributed by atoms with E-state index in [0.29, 0.717) is 18.8 Å². The average Bonchev–Trinajstić information content (AvgIpc) is 2.81. The normalized spacial score (nSPS) is 13.6. The molecular formula is C24H29N5O2. The summed E-state index contributed by atoms with van der Waals surface area (Å²) in [5, 5.41) is 0. The van der Waals surface area contributed by atoms with Gasteiger partial charge in [-0.1, -0.05) is 6.07 Å². The highest BCUT2D eigenvalue weighted by Gasteiger charge is 2.22. The SMILES string of the molecule is CCN(CC)c1ccc(CN2CCc3c(nc(-c4cccnc4)[nH]c3=O)C2)c(OC)c1. The first-order valence-corrected chi connectivity index (χ1v) is 10.8. The molecule has 1 aromatic carbocycles. The van der Waals surface area contributed by atoms with E-state index in [0.717, 1.165) is 54.3 Å². The summed E-state index contributed by atoms with van der Waals surface area (Å²) in [7, 11) is 1.72. The van der Waals surface area contributed by atoms with Crippen molar-refractivity contribution in [3.05, 3.63) is 69.9 Å². The second kappa shape index (κ2) is 9.31. The van der Waals surface area contributed by atoms with Crippen molar-refractivity contribution in [3.8, 4) is 17.1 Å². The van der Waals surface area contributed by atoms with Crippen LogP contribution in [0.3, 0.4) is 0 Å². The number of H-pyrrole nitrogens is 1. The molecule has 4 rings (SSSR count). The van der Waals surface area contributed by atoms with Crippen molar-refractivity contribution >= 4 is 5.69 Å². The molecule has 0 atom stereocenters. The number of nitrogens with one attached hydrogen (secondary N) is 1. The fourth-order valence-electron chi connectivity index (χ4n) is 4.16. The summed E-state index contributed by atoms with van der Waals surface area (Å²) < 4.78 is 5.70. The highest BCUT2D eigenvalue weighted by molar-refractivity contribution is 5.54. The molecule has 0 spiro atoms. The van der Waals surface area contributed by atoms with Crippen molar-refractivity contribution in [1.82, 2.24) is 19.9 Å². The van der Waals surface area contributed by atoms with Crippen LogP contribution in [0, 0.1) is 0 Å². The number of methoxy groups -OCH3 is 1. The van der Waals surface area contributed by atoms with Gasteiger partial charge in [0, 0.05) is 73.6 Å². The molecule has 0 unspecified atom stereocenters. The summed E-state index contributed by atoms with van der Waals surface area (Å²) >= 11 is 0. The van der Waals surface area contributed by atoms with Crippen LogP contribution in [0.25, 0.3) is 11.4 Å². The van der Waals surface area contributed by atoms with Crippen molar-refractivity contribution < 1.29 is 4.74 Å². The van der Waals surface area contributed by atoms with Crippen molar-refractivity contribution in [2.45, 2.75) is 33.4 Å². The monoisotopic (exact) mass is 419 g/mol. The summed E-state index contributed by atoms with van der Waals surface area (Å²) in [6.07, 6.45) is 4.11. The Morgan fingerprint density at radius 2 is 2.06 bits per heavy atom. The Kier molecular flexibility index (Phi) is 6.32. The molecule has 1 N–H and O–H groups in total. The Bertz CT molecular complexity index is 1090. The van der Waals surface area contributed by atoms with E-state index in [1.54, 1.807) is 19.5 Å². The summed E-state index contributed by atoms with van der Waals surface area (Å²) in [4.78, 5) is 29.1. The van der Waals surface area contributed by atoms with Crippen molar-refractivity contribution in [2.24, 2.45) is 0 Å². The second-order valence-corrected chi connectivity index (χ2v) is 7.71. The first-order chi connectivity index (χ1) is 15.1. The molecule has 7 heteroatoms. The van der Waals surface area contributed by atoms with Gasteiger partial charge >= 0.3 is 0 Å². The lowest BCUT2D eigenvalue weighted by molar-refractivity contribution is 0.237. The van der Waals surface area contributed by atoms with Crippen LogP contribution in [0.1, 0.15) is 30.7 Å². The van der Waals surface area contributed by atoms with E-state index in [4.69, 9.17) is 9.72 Å². The standard InChI is InChI=1S/C24H29N5O2/c1-4-29(5-2)19-9-8-18(22(13-19)31-3)15-28-12-10-20-21(16-28)26-23(27-24(20)30)17-7-6-11-25-14-17/h6-9,11,13-14H,4-5,10,12,15-16H2,1-3H3,(H,26,27,30). The minimum Gasteiger partial charge on any atom is -0.496 e. The maximum atomic E-state index is 12.6. The third kappa shape index (κ3) is 4.46. The summed E-state index contributed by atoms with van der Waals surface area (Å²) in [5.74, 6) is 1.46. The van der Waals surface area contributed by atoms with Gasteiger partial charge in [-0.05, 0) is 38.5 Å². The van der Waals surface area contributed by atoms with Gasteiger partial charge in [0.05, 0.1) is 12.8 Å². The molecule has 7 nitrogen and oxygen atoms in total. The molecular weight excluding hydrogens is 390 g/mol. The van der Waals surface area contributed by atoms with E-state index in [-0.39, 0.29) is 5.56 Å². The molecule has 31 heavy (non-hydrogen) atoms. The van der Waals surface area contributed by atoms with E-state index in [1.165, 1.54) is 5.69 Å². The van der Waals surface area contributed by atoms with Crippen LogP contribution >= 0.6 is 0 Å². The van der Waals surface area contributed by atoms with Gasteiger partial charge in [-0.3, -0.25) is 14.7 Å². The molecule has 1 aliphatic rings. The lowest BCUT2D eigenvalue weighted by Gasteiger charge is -2.29. The molecule has 0 saturated carbocycles. The van der Waals surface area contributed by atoms with Crippen LogP contribution in [-0.4, -0.2) is 46.6 Å². The van der Waals surface area contributed by atoms with E-state index in [1.807, 2.05) is 12.1 Å². The van der Waals surface area contributed by atoms with Gasteiger partial charge in [0.15, 0.2) is 0 Å². The fraction of sp³-hybridized carbons (Fsp3) is 0.375. The van der Waals surface area contributed by atoms with Crippen LogP contribution in [0.4, 0.5) is 5.69 Å². The highest BCUT2D eigenvalue weighted by atomic mass is 16.5. The van der Waals surface area contributed by atoms with Crippen molar-refractivity contribution in [2.75, 3.05) is 31.6 Å². The van der Waals surface area contributed by atoms with E-state index in [2.05, 4.69) is 51.8 Å². The van der Waals surface area contributed by atoms with Gasteiger partial charge in [0.1, 0.15) is 11.6 Å². The summed E-state index contributed by atoms with van der Waals surface area (Å²) in [5.41, 5.74) is 4.70. The van der Waals surface area contributed by atoms with Crippen LogP contribution < -0.4 is 15.2 Å². The predicted octanol–water partition coefficient (Wildman–Crippen LogP) is 3.25. The Morgan fingerprint density at radius 1 is 1.23 bits per heavy atom.